The lowest BCUT2D eigenvalue weighted by Gasteiger charge is -2.06. The van der Waals surface area contributed by atoms with Gasteiger partial charge in [-0.3, -0.25) is 0 Å². The Labute approximate surface area is 137 Å². The van der Waals surface area contributed by atoms with Crippen molar-refractivity contribution in [1.82, 2.24) is 15.0 Å². The molecule has 100 valence electrons. The molecule has 0 unspecified atom stereocenters. The van der Waals surface area contributed by atoms with E-state index in [2.05, 4.69) is 30.9 Å². The normalized spacial score (nSPS) is 10.7. The molecule has 0 aliphatic rings. The lowest BCUT2D eigenvalue weighted by atomic mass is 10.2. The smallest absolute Gasteiger partial charge is 0.124 e. The number of halogens is 2. The Kier molecular flexibility index (Phi) is 4.35. The third-order valence-corrected chi connectivity index (χ3v) is 5.15. The molecule has 0 saturated carbocycles. The van der Waals surface area contributed by atoms with E-state index in [4.69, 9.17) is 11.6 Å². The standard InChI is InChI=1S/C13H7BrClN3S2/c14-10-6-18-11(7-17-10)20-9-3-1-2-8(12(9)15)13-16-4-5-19-13/h1-7H. The number of benzene rings is 1. The summed E-state index contributed by atoms with van der Waals surface area (Å²) >= 11 is 12.8. The van der Waals surface area contributed by atoms with Gasteiger partial charge in [0, 0.05) is 22.0 Å². The number of rotatable bonds is 3. The molecule has 0 N–H and O–H groups in total. The van der Waals surface area contributed by atoms with Gasteiger partial charge in [0.05, 0.1) is 17.4 Å². The Balaban J connectivity index is 1.94. The van der Waals surface area contributed by atoms with E-state index in [1.807, 2.05) is 23.6 Å². The van der Waals surface area contributed by atoms with Crippen LogP contribution >= 0.6 is 50.6 Å². The van der Waals surface area contributed by atoms with Crippen molar-refractivity contribution in [2.75, 3.05) is 0 Å². The highest BCUT2D eigenvalue weighted by molar-refractivity contribution is 9.10. The molecular formula is C13H7BrClN3S2. The lowest BCUT2D eigenvalue weighted by molar-refractivity contribution is 1.03. The molecule has 0 aliphatic heterocycles. The molecule has 20 heavy (non-hydrogen) atoms. The van der Waals surface area contributed by atoms with Crippen LogP contribution in [0.5, 0.6) is 0 Å². The van der Waals surface area contributed by atoms with E-state index in [0.29, 0.717) is 9.63 Å². The van der Waals surface area contributed by atoms with Crippen LogP contribution in [0.25, 0.3) is 10.6 Å². The van der Waals surface area contributed by atoms with E-state index in [1.165, 1.54) is 11.8 Å². The van der Waals surface area contributed by atoms with Crippen molar-refractivity contribution in [2.45, 2.75) is 9.92 Å². The fraction of sp³-hybridized carbons (Fsp3) is 0. The van der Waals surface area contributed by atoms with Crippen molar-refractivity contribution in [3.63, 3.8) is 0 Å². The zero-order chi connectivity index (χ0) is 13.9. The fourth-order valence-corrected chi connectivity index (χ4v) is 3.62. The molecule has 7 heteroatoms. The van der Waals surface area contributed by atoms with Crippen LogP contribution in [-0.4, -0.2) is 15.0 Å². The Hall–Kier alpha value is -0.950. The van der Waals surface area contributed by atoms with Gasteiger partial charge in [-0.1, -0.05) is 35.5 Å². The molecule has 3 aromatic rings. The first-order chi connectivity index (χ1) is 9.74. The van der Waals surface area contributed by atoms with Gasteiger partial charge in [-0.05, 0) is 22.0 Å². The van der Waals surface area contributed by atoms with Crippen LogP contribution in [0.15, 0.2) is 56.7 Å². The van der Waals surface area contributed by atoms with Crippen LogP contribution in [0.2, 0.25) is 5.02 Å². The highest BCUT2D eigenvalue weighted by atomic mass is 79.9. The summed E-state index contributed by atoms with van der Waals surface area (Å²) in [5.41, 5.74) is 0.941. The van der Waals surface area contributed by atoms with Crippen molar-refractivity contribution < 1.29 is 0 Å². The maximum absolute atomic E-state index is 6.47. The van der Waals surface area contributed by atoms with Crippen LogP contribution in [-0.2, 0) is 0 Å². The molecule has 0 spiro atoms. The first-order valence-electron chi connectivity index (χ1n) is 5.58. The van der Waals surface area contributed by atoms with Crippen LogP contribution in [0, 0.1) is 0 Å². The average Bonchev–Trinajstić information content (AvgIpc) is 2.97. The van der Waals surface area contributed by atoms with Crippen LogP contribution in [0.3, 0.4) is 0 Å². The van der Waals surface area contributed by atoms with Gasteiger partial charge >= 0.3 is 0 Å². The van der Waals surface area contributed by atoms with Crippen molar-refractivity contribution in [3.05, 3.63) is 51.8 Å². The molecule has 0 atom stereocenters. The van der Waals surface area contributed by atoms with Crippen molar-refractivity contribution in [3.8, 4) is 10.6 Å². The minimum absolute atomic E-state index is 0.692. The first kappa shape index (κ1) is 14.0. The zero-order valence-corrected chi connectivity index (χ0v) is 13.9. The van der Waals surface area contributed by atoms with Gasteiger partial charge in [0.15, 0.2) is 0 Å². The average molecular weight is 385 g/mol. The number of aromatic nitrogens is 3. The van der Waals surface area contributed by atoms with Crippen LogP contribution in [0.1, 0.15) is 0 Å². The number of hydrogen-bond donors (Lipinski definition) is 0. The summed E-state index contributed by atoms with van der Waals surface area (Å²) in [6.45, 7) is 0. The Morgan fingerprint density at radius 2 is 2.05 bits per heavy atom. The van der Waals surface area contributed by atoms with Crippen molar-refractivity contribution in [1.29, 1.82) is 0 Å². The minimum Gasteiger partial charge on any atom is -0.245 e. The minimum atomic E-state index is 0.692. The predicted molar refractivity (Wildman–Crippen MR) is 86.4 cm³/mol. The lowest BCUT2D eigenvalue weighted by Crippen LogP contribution is -1.85. The quantitative estimate of drug-likeness (QED) is 0.624. The SMILES string of the molecule is Clc1c(Sc2cnc(Br)cn2)cccc1-c1nccs1. The van der Waals surface area contributed by atoms with E-state index in [0.717, 1.165) is 20.5 Å². The molecule has 2 heterocycles. The maximum atomic E-state index is 6.47. The van der Waals surface area contributed by atoms with Gasteiger partial charge in [-0.2, -0.15) is 0 Å². The summed E-state index contributed by atoms with van der Waals surface area (Å²) in [7, 11) is 0. The van der Waals surface area contributed by atoms with E-state index in [1.54, 1.807) is 29.9 Å². The van der Waals surface area contributed by atoms with Crippen molar-refractivity contribution in [2.24, 2.45) is 0 Å². The van der Waals surface area contributed by atoms with E-state index >= 15 is 0 Å². The molecule has 0 saturated heterocycles. The number of thiazole rings is 1. The first-order valence-corrected chi connectivity index (χ1v) is 8.44. The highest BCUT2D eigenvalue weighted by Gasteiger charge is 2.11. The van der Waals surface area contributed by atoms with Gasteiger partial charge in [0.25, 0.3) is 0 Å². The maximum Gasteiger partial charge on any atom is 0.124 e. The van der Waals surface area contributed by atoms with Gasteiger partial charge in [-0.25, -0.2) is 15.0 Å². The second-order valence-corrected chi connectivity index (χ2v) is 6.88. The number of hydrogen-bond acceptors (Lipinski definition) is 5. The molecule has 0 fully saturated rings. The summed E-state index contributed by atoms with van der Waals surface area (Å²) in [5, 5.41) is 4.34. The molecule has 2 aromatic heterocycles. The second kappa shape index (κ2) is 6.22. The molecule has 0 amide bonds. The molecule has 0 aliphatic carbocycles. The second-order valence-electron chi connectivity index (χ2n) is 3.73. The Bertz CT molecular complexity index is 717. The molecule has 0 radical (unpaired) electrons. The summed E-state index contributed by atoms with van der Waals surface area (Å²) in [5.74, 6) is 0. The van der Waals surface area contributed by atoms with Gasteiger partial charge in [0.2, 0.25) is 0 Å². The Morgan fingerprint density at radius 1 is 1.15 bits per heavy atom. The summed E-state index contributed by atoms with van der Waals surface area (Å²) < 4.78 is 0.712. The predicted octanol–water partition coefficient (Wildman–Crippen LogP) is 5.17. The molecule has 1 aromatic carbocycles. The molecular weight excluding hydrogens is 378 g/mol. The van der Waals surface area contributed by atoms with Crippen LogP contribution < -0.4 is 0 Å². The fourth-order valence-electron chi connectivity index (χ4n) is 1.58. The summed E-state index contributed by atoms with van der Waals surface area (Å²) in [6, 6.07) is 5.91. The topological polar surface area (TPSA) is 38.7 Å². The van der Waals surface area contributed by atoms with E-state index < -0.39 is 0 Å². The monoisotopic (exact) mass is 383 g/mol. The van der Waals surface area contributed by atoms with Crippen molar-refractivity contribution >= 4 is 50.6 Å². The summed E-state index contributed by atoms with van der Waals surface area (Å²) in [4.78, 5) is 13.7. The molecule has 3 nitrogen and oxygen atoms in total. The van der Waals surface area contributed by atoms with E-state index in [-0.39, 0.29) is 0 Å². The molecule has 3 rings (SSSR count). The van der Waals surface area contributed by atoms with Gasteiger partial charge in [-0.15, -0.1) is 11.3 Å². The van der Waals surface area contributed by atoms with Gasteiger partial charge < -0.3 is 0 Å². The Morgan fingerprint density at radius 3 is 2.75 bits per heavy atom. The highest BCUT2D eigenvalue weighted by Crippen LogP contribution is 2.38. The van der Waals surface area contributed by atoms with E-state index in [9.17, 15) is 0 Å². The van der Waals surface area contributed by atoms with Gasteiger partial charge in [0.1, 0.15) is 14.6 Å². The zero-order valence-electron chi connectivity index (χ0n) is 9.96. The summed E-state index contributed by atoms with van der Waals surface area (Å²) in [6.07, 6.45) is 5.15. The largest absolute Gasteiger partial charge is 0.245 e. The molecule has 0 bridgehead atoms. The van der Waals surface area contributed by atoms with Crippen LogP contribution in [0.4, 0.5) is 0 Å². The third kappa shape index (κ3) is 3.03. The number of nitrogens with zero attached hydrogens (tertiary/aromatic N) is 3. The third-order valence-electron chi connectivity index (χ3n) is 2.44.